The van der Waals surface area contributed by atoms with Crippen LogP contribution in [0.4, 0.5) is 10.1 Å². The Morgan fingerprint density at radius 3 is 2.34 bits per heavy atom. The molecule has 2 amide bonds. The highest BCUT2D eigenvalue weighted by Gasteiger charge is 2.32. The van der Waals surface area contributed by atoms with Gasteiger partial charge in [0.25, 0.3) is 15.9 Å². The van der Waals surface area contributed by atoms with Crippen LogP contribution in [0.25, 0.3) is 0 Å². The molecule has 1 saturated carbocycles. The molecule has 2 aromatic carbocycles. The fraction of sp³-hybridized carbons (Fsp3) is 0.333. The molecule has 8 heteroatoms. The number of amides is 2. The average Bonchev–Trinajstić information content (AvgIpc) is 2.75. The van der Waals surface area contributed by atoms with Gasteiger partial charge in [-0.15, -0.1) is 0 Å². The van der Waals surface area contributed by atoms with Gasteiger partial charge in [-0.2, -0.15) is 0 Å². The highest BCUT2D eigenvalue weighted by atomic mass is 32.2. The molecule has 1 N–H and O–H groups in total. The van der Waals surface area contributed by atoms with Crippen molar-refractivity contribution in [3.63, 3.8) is 0 Å². The highest BCUT2D eigenvalue weighted by molar-refractivity contribution is 7.89. The molecule has 0 spiro atoms. The van der Waals surface area contributed by atoms with Gasteiger partial charge in [-0.05, 0) is 55.3 Å². The van der Waals surface area contributed by atoms with Gasteiger partial charge in [0.05, 0.1) is 4.90 Å². The predicted molar refractivity (Wildman–Crippen MR) is 107 cm³/mol. The number of carbonyl (C=O) groups excluding carboxylic acids is 2. The van der Waals surface area contributed by atoms with Gasteiger partial charge in [-0.3, -0.25) is 9.59 Å². The van der Waals surface area contributed by atoms with E-state index in [2.05, 4.69) is 5.32 Å². The zero-order chi connectivity index (χ0) is 21.0. The van der Waals surface area contributed by atoms with Crippen LogP contribution < -0.4 is 5.32 Å². The summed E-state index contributed by atoms with van der Waals surface area (Å²) in [5.41, 5.74) is 0.503. The average molecular weight is 418 g/mol. The second kappa shape index (κ2) is 8.73. The van der Waals surface area contributed by atoms with Crippen LogP contribution in [0.3, 0.4) is 0 Å². The van der Waals surface area contributed by atoms with Crippen LogP contribution in [0.2, 0.25) is 0 Å². The predicted octanol–water partition coefficient (Wildman–Crippen LogP) is 3.81. The molecule has 0 bridgehead atoms. The van der Waals surface area contributed by atoms with Crippen molar-refractivity contribution in [3.8, 4) is 0 Å². The molecule has 6 nitrogen and oxygen atoms in total. The third kappa shape index (κ3) is 4.82. The van der Waals surface area contributed by atoms with E-state index in [1.807, 2.05) is 0 Å². The van der Waals surface area contributed by atoms with Crippen molar-refractivity contribution in [2.45, 2.75) is 37.0 Å². The zero-order valence-corrected chi connectivity index (χ0v) is 16.9. The van der Waals surface area contributed by atoms with Crippen LogP contribution >= 0.6 is 0 Å². The third-order valence-electron chi connectivity index (χ3n) is 5.12. The Bertz CT molecular complexity index is 1000. The van der Waals surface area contributed by atoms with Crippen LogP contribution in [0.15, 0.2) is 53.4 Å². The summed E-state index contributed by atoms with van der Waals surface area (Å²) in [5, 5.41) is 2.59. The van der Waals surface area contributed by atoms with E-state index in [4.69, 9.17) is 0 Å². The van der Waals surface area contributed by atoms with E-state index in [0.29, 0.717) is 18.5 Å². The Labute approximate surface area is 169 Å². The van der Waals surface area contributed by atoms with Crippen LogP contribution in [-0.2, 0) is 14.8 Å². The van der Waals surface area contributed by atoms with E-state index in [-0.39, 0.29) is 16.4 Å². The van der Waals surface area contributed by atoms with Crippen molar-refractivity contribution >= 4 is 27.5 Å². The van der Waals surface area contributed by atoms with Crippen molar-refractivity contribution in [2.75, 3.05) is 12.4 Å². The lowest BCUT2D eigenvalue weighted by Crippen LogP contribution is -2.38. The van der Waals surface area contributed by atoms with Gasteiger partial charge in [0.15, 0.2) is 0 Å². The Kier molecular flexibility index (Phi) is 6.32. The number of anilines is 1. The fourth-order valence-corrected chi connectivity index (χ4v) is 4.65. The maximum atomic E-state index is 13.0. The SMILES string of the molecule is CN(C(=O)C1CCCCC1)S(=O)(=O)c1cccc(C(=O)Nc2ccc(F)cc2)c1. The molecule has 1 fully saturated rings. The van der Waals surface area contributed by atoms with E-state index < -0.39 is 27.7 Å². The van der Waals surface area contributed by atoms with E-state index in [9.17, 15) is 22.4 Å². The first-order valence-corrected chi connectivity index (χ1v) is 10.9. The summed E-state index contributed by atoms with van der Waals surface area (Å²) in [7, 11) is -2.81. The second-order valence-electron chi connectivity index (χ2n) is 7.13. The molecule has 0 unspecified atom stereocenters. The van der Waals surface area contributed by atoms with E-state index in [1.165, 1.54) is 55.6 Å². The van der Waals surface area contributed by atoms with Gasteiger partial charge in [0.2, 0.25) is 5.91 Å². The minimum Gasteiger partial charge on any atom is -0.322 e. The third-order valence-corrected chi connectivity index (χ3v) is 6.87. The molecule has 0 atom stereocenters. The van der Waals surface area contributed by atoms with Crippen molar-refractivity contribution in [3.05, 3.63) is 59.9 Å². The molecule has 3 rings (SSSR count). The van der Waals surface area contributed by atoms with Gasteiger partial charge in [0.1, 0.15) is 5.82 Å². The van der Waals surface area contributed by atoms with Crippen LogP contribution in [0.5, 0.6) is 0 Å². The van der Waals surface area contributed by atoms with Gasteiger partial charge in [0, 0.05) is 24.2 Å². The first-order chi connectivity index (χ1) is 13.8. The molecule has 1 aliphatic carbocycles. The summed E-state index contributed by atoms with van der Waals surface area (Å²) >= 11 is 0. The summed E-state index contributed by atoms with van der Waals surface area (Å²) in [5.74, 6) is -1.66. The summed E-state index contributed by atoms with van der Waals surface area (Å²) in [4.78, 5) is 25.0. The largest absolute Gasteiger partial charge is 0.322 e. The van der Waals surface area contributed by atoms with Crippen molar-refractivity contribution < 1.29 is 22.4 Å². The van der Waals surface area contributed by atoms with E-state index in [0.717, 1.165) is 23.6 Å². The number of nitrogens with one attached hydrogen (secondary N) is 1. The summed E-state index contributed by atoms with van der Waals surface area (Å²) < 4.78 is 39.6. The quantitative estimate of drug-likeness (QED) is 0.800. The lowest BCUT2D eigenvalue weighted by Gasteiger charge is -2.26. The number of benzene rings is 2. The molecule has 0 aromatic heterocycles. The molecular weight excluding hydrogens is 395 g/mol. The summed E-state index contributed by atoms with van der Waals surface area (Å²) in [6.45, 7) is 0. The molecular formula is C21H23FN2O4S. The van der Waals surface area contributed by atoms with Gasteiger partial charge >= 0.3 is 0 Å². The molecule has 1 aliphatic rings. The maximum Gasteiger partial charge on any atom is 0.266 e. The zero-order valence-electron chi connectivity index (χ0n) is 16.1. The first kappa shape index (κ1) is 21.0. The fourth-order valence-electron chi connectivity index (χ4n) is 3.42. The van der Waals surface area contributed by atoms with Crippen molar-refractivity contribution in [1.29, 1.82) is 0 Å². The van der Waals surface area contributed by atoms with Crippen LogP contribution in [0.1, 0.15) is 42.5 Å². The molecule has 0 saturated heterocycles. The number of carbonyl (C=O) groups is 2. The monoisotopic (exact) mass is 418 g/mol. The van der Waals surface area contributed by atoms with E-state index in [1.54, 1.807) is 0 Å². The molecule has 29 heavy (non-hydrogen) atoms. The number of sulfonamides is 1. The number of hydrogen-bond acceptors (Lipinski definition) is 4. The normalized spacial score (nSPS) is 15.0. The van der Waals surface area contributed by atoms with Gasteiger partial charge in [-0.1, -0.05) is 25.3 Å². The minimum absolute atomic E-state index is 0.119. The Morgan fingerprint density at radius 2 is 1.69 bits per heavy atom. The number of nitrogens with zero attached hydrogens (tertiary/aromatic N) is 1. The number of halogens is 1. The lowest BCUT2D eigenvalue weighted by molar-refractivity contribution is -0.130. The number of hydrogen-bond donors (Lipinski definition) is 1. The number of rotatable bonds is 5. The second-order valence-corrected chi connectivity index (χ2v) is 9.10. The standard InChI is InChI=1S/C21H23FN2O4S/c1-24(21(26)15-6-3-2-4-7-15)29(27,28)19-9-5-8-16(14-19)20(25)23-18-12-10-17(22)11-13-18/h5,8-15H,2-4,6-7H2,1H3,(H,23,25). The summed E-state index contributed by atoms with van der Waals surface area (Å²) in [6.07, 6.45) is 4.29. The minimum atomic E-state index is -4.07. The Morgan fingerprint density at radius 1 is 1.03 bits per heavy atom. The van der Waals surface area contributed by atoms with Crippen LogP contribution in [0, 0.1) is 11.7 Å². The van der Waals surface area contributed by atoms with Crippen molar-refractivity contribution in [1.82, 2.24) is 4.31 Å². The smallest absolute Gasteiger partial charge is 0.266 e. The molecule has 154 valence electrons. The first-order valence-electron chi connectivity index (χ1n) is 9.49. The van der Waals surface area contributed by atoms with Gasteiger partial charge in [-0.25, -0.2) is 17.1 Å². The maximum absolute atomic E-state index is 13.0. The Balaban J connectivity index is 1.78. The summed E-state index contributed by atoms with van der Waals surface area (Å²) in [6, 6.07) is 10.7. The molecule has 2 aromatic rings. The van der Waals surface area contributed by atoms with E-state index >= 15 is 0 Å². The highest BCUT2D eigenvalue weighted by Crippen LogP contribution is 2.27. The topological polar surface area (TPSA) is 83.6 Å². The molecule has 0 heterocycles. The lowest BCUT2D eigenvalue weighted by atomic mass is 9.89. The Hall–Kier alpha value is -2.74. The van der Waals surface area contributed by atoms with Gasteiger partial charge < -0.3 is 5.32 Å². The van der Waals surface area contributed by atoms with Crippen molar-refractivity contribution in [2.24, 2.45) is 5.92 Å². The molecule has 0 aliphatic heterocycles. The van der Waals surface area contributed by atoms with Crippen LogP contribution in [-0.4, -0.2) is 31.6 Å². The molecule has 0 radical (unpaired) electrons.